The fraction of sp³-hybridized carbons (Fsp3) is 0.526. The quantitative estimate of drug-likeness (QED) is 0.855. The highest BCUT2D eigenvalue weighted by Crippen LogP contribution is 2.20. The molecule has 124 valence electrons. The molecule has 2 heterocycles. The van der Waals surface area contributed by atoms with E-state index in [4.69, 9.17) is 4.74 Å². The summed E-state index contributed by atoms with van der Waals surface area (Å²) in [6.45, 7) is 5.57. The summed E-state index contributed by atoms with van der Waals surface area (Å²) < 4.78 is 5.33. The molecular weight excluding hydrogens is 288 g/mol. The summed E-state index contributed by atoms with van der Waals surface area (Å²) in [5, 5.41) is 0. The second kappa shape index (κ2) is 8.27. The topological polar surface area (TPSA) is 32.8 Å². The number of piperidine rings is 1. The first-order valence-electron chi connectivity index (χ1n) is 8.62. The number of benzene rings is 1. The van der Waals surface area contributed by atoms with Crippen molar-refractivity contribution >= 4 is 12.0 Å². The molecular formula is C19H26N2O2. The van der Waals surface area contributed by atoms with Crippen LogP contribution in [0.4, 0.5) is 0 Å². The van der Waals surface area contributed by atoms with Gasteiger partial charge in [-0.2, -0.15) is 0 Å². The third-order valence-corrected chi connectivity index (χ3v) is 4.72. The molecule has 3 rings (SSSR count). The second-order valence-corrected chi connectivity index (χ2v) is 6.38. The van der Waals surface area contributed by atoms with Crippen LogP contribution in [0, 0.1) is 5.92 Å². The summed E-state index contributed by atoms with van der Waals surface area (Å²) in [5.74, 6) is 0.861. The third kappa shape index (κ3) is 4.91. The van der Waals surface area contributed by atoms with E-state index in [0.717, 1.165) is 52.2 Å². The molecule has 0 radical (unpaired) electrons. The fourth-order valence-electron chi connectivity index (χ4n) is 3.20. The van der Waals surface area contributed by atoms with Crippen molar-refractivity contribution in [3.63, 3.8) is 0 Å². The van der Waals surface area contributed by atoms with Gasteiger partial charge in [0.05, 0.1) is 19.8 Å². The van der Waals surface area contributed by atoms with Gasteiger partial charge in [-0.1, -0.05) is 42.5 Å². The Bertz CT molecular complexity index is 515. The van der Waals surface area contributed by atoms with Crippen LogP contribution in [-0.2, 0) is 9.53 Å². The Morgan fingerprint density at radius 1 is 1.09 bits per heavy atom. The van der Waals surface area contributed by atoms with Crippen LogP contribution in [-0.4, -0.2) is 61.6 Å². The number of hydrogen-bond donors (Lipinski definition) is 0. The first-order chi connectivity index (χ1) is 11.3. The van der Waals surface area contributed by atoms with Gasteiger partial charge in [0.2, 0.25) is 5.91 Å². The Morgan fingerprint density at radius 3 is 2.48 bits per heavy atom. The van der Waals surface area contributed by atoms with Crippen molar-refractivity contribution in [1.29, 1.82) is 0 Å². The van der Waals surface area contributed by atoms with Crippen LogP contribution < -0.4 is 0 Å². The molecule has 0 bridgehead atoms. The Balaban J connectivity index is 1.42. The summed E-state index contributed by atoms with van der Waals surface area (Å²) >= 11 is 0. The predicted octanol–water partition coefficient (Wildman–Crippen LogP) is 2.27. The predicted molar refractivity (Wildman–Crippen MR) is 92.0 cm³/mol. The zero-order valence-electron chi connectivity index (χ0n) is 13.7. The van der Waals surface area contributed by atoms with Crippen LogP contribution >= 0.6 is 0 Å². The minimum absolute atomic E-state index is 0.275. The molecule has 2 fully saturated rings. The highest BCUT2D eigenvalue weighted by atomic mass is 16.5. The monoisotopic (exact) mass is 314 g/mol. The van der Waals surface area contributed by atoms with Crippen molar-refractivity contribution < 1.29 is 9.53 Å². The number of rotatable bonds is 4. The SMILES string of the molecule is O=C(CN1CCOCC1)N1CCC(/C=C\c2ccccc2)CC1. The van der Waals surface area contributed by atoms with E-state index in [0.29, 0.717) is 12.5 Å². The molecule has 0 N–H and O–H groups in total. The second-order valence-electron chi connectivity index (χ2n) is 6.38. The maximum Gasteiger partial charge on any atom is 0.236 e. The molecule has 23 heavy (non-hydrogen) atoms. The van der Waals surface area contributed by atoms with Crippen molar-refractivity contribution in [2.75, 3.05) is 45.9 Å². The van der Waals surface area contributed by atoms with Crippen LogP contribution in [0.3, 0.4) is 0 Å². The number of hydrogen-bond acceptors (Lipinski definition) is 3. The largest absolute Gasteiger partial charge is 0.379 e. The number of allylic oxidation sites excluding steroid dienone is 1. The fourth-order valence-corrected chi connectivity index (χ4v) is 3.20. The van der Waals surface area contributed by atoms with Gasteiger partial charge in [0.1, 0.15) is 0 Å². The Kier molecular flexibility index (Phi) is 5.83. The molecule has 0 atom stereocenters. The van der Waals surface area contributed by atoms with Crippen molar-refractivity contribution in [3.8, 4) is 0 Å². The van der Waals surface area contributed by atoms with E-state index < -0.39 is 0 Å². The van der Waals surface area contributed by atoms with E-state index >= 15 is 0 Å². The van der Waals surface area contributed by atoms with E-state index in [1.807, 2.05) is 11.0 Å². The molecule has 4 nitrogen and oxygen atoms in total. The van der Waals surface area contributed by atoms with E-state index in [-0.39, 0.29) is 5.91 Å². The Morgan fingerprint density at radius 2 is 1.78 bits per heavy atom. The maximum absolute atomic E-state index is 12.4. The number of likely N-dealkylation sites (tertiary alicyclic amines) is 1. The summed E-state index contributed by atoms with van der Waals surface area (Å²) in [4.78, 5) is 16.6. The zero-order valence-corrected chi connectivity index (χ0v) is 13.7. The van der Waals surface area contributed by atoms with Crippen molar-refractivity contribution in [2.24, 2.45) is 5.92 Å². The van der Waals surface area contributed by atoms with Gasteiger partial charge >= 0.3 is 0 Å². The van der Waals surface area contributed by atoms with Crippen LogP contribution in [0.5, 0.6) is 0 Å². The molecule has 0 aliphatic carbocycles. The molecule has 1 aromatic carbocycles. The summed E-state index contributed by atoms with van der Waals surface area (Å²) in [6, 6.07) is 10.4. The van der Waals surface area contributed by atoms with Crippen molar-refractivity contribution in [3.05, 3.63) is 42.0 Å². The molecule has 0 saturated carbocycles. The highest BCUT2D eigenvalue weighted by molar-refractivity contribution is 5.78. The average molecular weight is 314 g/mol. The molecule has 2 aliphatic heterocycles. The number of carbonyl (C=O) groups is 1. The minimum atomic E-state index is 0.275. The van der Waals surface area contributed by atoms with Gasteiger partial charge in [-0.25, -0.2) is 0 Å². The number of morpholine rings is 1. The van der Waals surface area contributed by atoms with Crippen LogP contribution in [0.15, 0.2) is 36.4 Å². The normalized spacial score (nSPS) is 21.0. The molecule has 2 aliphatic rings. The van der Waals surface area contributed by atoms with E-state index in [1.54, 1.807) is 0 Å². The average Bonchev–Trinajstić information content (AvgIpc) is 2.62. The molecule has 0 spiro atoms. The molecule has 1 aromatic rings. The van der Waals surface area contributed by atoms with E-state index in [1.165, 1.54) is 5.56 Å². The first-order valence-corrected chi connectivity index (χ1v) is 8.62. The van der Waals surface area contributed by atoms with Gasteiger partial charge in [-0.3, -0.25) is 9.69 Å². The molecule has 1 amide bonds. The van der Waals surface area contributed by atoms with Crippen LogP contribution in [0.2, 0.25) is 0 Å². The van der Waals surface area contributed by atoms with Gasteiger partial charge in [0, 0.05) is 26.2 Å². The Labute approximate surface area is 138 Å². The van der Waals surface area contributed by atoms with Gasteiger partial charge in [0.25, 0.3) is 0 Å². The molecule has 2 saturated heterocycles. The smallest absolute Gasteiger partial charge is 0.236 e. The van der Waals surface area contributed by atoms with Gasteiger partial charge in [0.15, 0.2) is 0 Å². The zero-order chi connectivity index (χ0) is 15.9. The first kappa shape index (κ1) is 16.2. The van der Waals surface area contributed by atoms with Gasteiger partial charge in [-0.05, 0) is 24.3 Å². The molecule has 4 heteroatoms. The van der Waals surface area contributed by atoms with Crippen molar-refractivity contribution in [2.45, 2.75) is 12.8 Å². The molecule has 0 aromatic heterocycles. The number of ether oxygens (including phenoxy) is 1. The third-order valence-electron chi connectivity index (χ3n) is 4.72. The van der Waals surface area contributed by atoms with Gasteiger partial charge in [-0.15, -0.1) is 0 Å². The van der Waals surface area contributed by atoms with Crippen LogP contribution in [0.1, 0.15) is 18.4 Å². The standard InChI is InChI=1S/C19H26N2O2/c22-19(16-20-12-14-23-15-13-20)21-10-8-18(9-11-21)7-6-17-4-2-1-3-5-17/h1-7,18H,8-16H2/b7-6-. The van der Waals surface area contributed by atoms with E-state index in [9.17, 15) is 4.79 Å². The lowest BCUT2D eigenvalue weighted by molar-refractivity contribution is -0.134. The minimum Gasteiger partial charge on any atom is -0.379 e. The number of amides is 1. The summed E-state index contributed by atoms with van der Waals surface area (Å²) in [5.41, 5.74) is 1.25. The lowest BCUT2D eigenvalue weighted by Gasteiger charge is -2.33. The highest BCUT2D eigenvalue weighted by Gasteiger charge is 2.23. The Hall–Kier alpha value is -1.65. The number of carbonyl (C=O) groups excluding carboxylic acids is 1. The van der Waals surface area contributed by atoms with Gasteiger partial charge < -0.3 is 9.64 Å². The lowest BCUT2D eigenvalue weighted by Crippen LogP contribution is -2.46. The number of nitrogens with zero attached hydrogens (tertiary/aromatic N) is 2. The summed E-state index contributed by atoms with van der Waals surface area (Å²) in [6.07, 6.45) is 6.64. The van der Waals surface area contributed by atoms with Crippen molar-refractivity contribution in [1.82, 2.24) is 9.80 Å². The van der Waals surface area contributed by atoms with Crippen LogP contribution in [0.25, 0.3) is 6.08 Å². The summed E-state index contributed by atoms with van der Waals surface area (Å²) in [7, 11) is 0. The lowest BCUT2D eigenvalue weighted by atomic mass is 9.95. The molecule has 0 unspecified atom stereocenters. The maximum atomic E-state index is 12.4. The van der Waals surface area contributed by atoms with E-state index in [2.05, 4.69) is 41.3 Å².